The van der Waals surface area contributed by atoms with Crippen LogP contribution in [0.15, 0.2) is 24.3 Å². The Morgan fingerprint density at radius 1 is 0.593 bits per heavy atom. The summed E-state index contributed by atoms with van der Waals surface area (Å²) in [7, 11) is 0. The van der Waals surface area contributed by atoms with E-state index < -0.39 is 0 Å². The zero-order valence-corrected chi connectivity index (χ0v) is 18.5. The van der Waals surface area contributed by atoms with E-state index in [-0.39, 0.29) is 18.6 Å². The summed E-state index contributed by atoms with van der Waals surface area (Å²) in [5.41, 5.74) is 10.9. The monoisotopic (exact) mass is 397 g/mol. The summed E-state index contributed by atoms with van der Waals surface area (Å²) in [5, 5.41) is 10.8. The molecule has 2 aromatic heterocycles. The van der Waals surface area contributed by atoms with E-state index in [4.69, 9.17) is 4.98 Å². The molecule has 0 aliphatic heterocycles. The fourth-order valence-corrected chi connectivity index (χ4v) is 3.51. The second kappa shape index (κ2) is 7.88. The van der Waals surface area contributed by atoms with E-state index in [1.165, 1.54) is 11.1 Å². The fraction of sp³-hybridized carbons (Fsp3) is 0.304. The van der Waals surface area contributed by atoms with Gasteiger partial charge in [0.05, 0.1) is 17.1 Å². The van der Waals surface area contributed by atoms with Gasteiger partial charge in [0.15, 0.2) is 0 Å². The van der Waals surface area contributed by atoms with Gasteiger partial charge in [0.2, 0.25) is 0 Å². The van der Waals surface area contributed by atoms with E-state index in [0.29, 0.717) is 5.75 Å². The predicted octanol–water partition coefficient (Wildman–Crippen LogP) is 5.67. The molecule has 0 fully saturated rings. The van der Waals surface area contributed by atoms with Gasteiger partial charge in [0, 0.05) is 29.8 Å². The SMILES string of the molecule is Cc1cc(C)nc(-c2cc(C)cc(-c3c(C)c(C)c(C)c(C)c3O)n2)c1.[V]. The Kier molecular flexibility index (Phi) is 6.19. The minimum absolute atomic E-state index is 0. The standard InChI is InChI=1S/C23H26N2O.V/c1-12-8-14(3)24-19(9-12)20-10-13(2)11-21(25-20)22-17(6)15(4)16(5)18(7)23(22)26;/h8-11,26H,1-7H3;. The van der Waals surface area contributed by atoms with Gasteiger partial charge in [-0.05, 0) is 106 Å². The minimum Gasteiger partial charge on any atom is -0.507 e. The fourth-order valence-electron chi connectivity index (χ4n) is 3.51. The largest absolute Gasteiger partial charge is 0.507 e. The molecule has 0 unspecified atom stereocenters. The van der Waals surface area contributed by atoms with E-state index in [2.05, 4.69) is 51.7 Å². The first kappa shape index (κ1) is 21.2. The molecular weight excluding hydrogens is 371 g/mol. The summed E-state index contributed by atoms with van der Waals surface area (Å²) in [5.74, 6) is 0.322. The summed E-state index contributed by atoms with van der Waals surface area (Å²) in [6.07, 6.45) is 0. The number of nitrogens with zero attached hydrogens (tertiary/aromatic N) is 2. The maximum atomic E-state index is 10.8. The first-order valence-corrected chi connectivity index (χ1v) is 8.93. The average Bonchev–Trinajstić information content (AvgIpc) is 2.57. The molecule has 0 atom stereocenters. The zero-order valence-electron chi connectivity index (χ0n) is 17.1. The van der Waals surface area contributed by atoms with Crippen LogP contribution in [0.4, 0.5) is 0 Å². The molecule has 1 aromatic carbocycles. The van der Waals surface area contributed by atoms with Gasteiger partial charge in [-0.25, -0.2) is 4.98 Å². The third-order valence-electron chi connectivity index (χ3n) is 5.24. The number of aryl methyl sites for hydroxylation is 3. The van der Waals surface area contributed by atoms with Crippen LogP contribution in [0.2, 0.25) is 0 Å². The molecule has 0 spiro atoms. The van der Waals surface area contributed by atoms with Crippen LogP contribution in [0.1, 0.15) is 39.1 Å². The van der Waals surface area contributed by atoms with E-state index >= 15 is 0 Å². The molecule has 139 valence electrons. The maximum Gasteiger partial charge on any atom is 0.128 e. The number of aromatic nitrogens is 2. The number of phenolic OH excluding ortho intramolecular Hbond substituents is 1. The Morgan fingerprint density at radius 2 is 1.07 bits per heavy atom. The van der Waals surface area contributed by atoms with Gasteiger partial charge < -0.3 is 5.11 Å². The molecular formula is C23H26N2OV. The summed E-state index contributed by atoms with van der Waals surface area (Å²) < 4.78 is 0. The van der Waals surface area contributed by atoms with Crippen molar-refractivity contribution in [2.24, 2.45) is 0 Å². The third kappa shape index (κ3) is 3.95. The number of rotatable bonds is 2. The van der Waals surface area contributed by atoms with Crippen LogP contribution in [0.3, 0.4) is 0 Å². The molecule has 1 N–H and O–H groups in total. The Labute approximate surface area is 173 Å². The van der Waals surface area contributed by atoms with Gasteiger partial charge in [-0.2, -0.15) is 0 Å². The molecule has 3 aromatic rings. The normalized spacial score (nSPS) is 10.6. The van der Waals surface area contributed by atoms with E-state index in [1.807, 2.05) is 26.0 Å². The number of hydrogen-bond donors (Lipinski definition) is 1. The van der Waals surface area contributed by atoms with Gasteiger partial charge in [0.25, 0.3) is 0 Å². The number of aromatic hydroxyl groups is 1. The van der Waals surface area contributed by atoms with Crippen LogP contribution >= 0.6 is 0 Å². The third-order valence-corrected chi connectivity index (χ3v) is 5.24. The van der Waals surface area contributed by atoms with Crippen molar-refractivity contribution in [1.29, 1.82) is 0 Å². The topological polar surface area (TPSA) is 46.0 Å². The molecule has 0 bridgehead atoms. The van der Waals surface area contributed by atoms with Gasteiger partial charge in [-0.3, -0.25) is 4.98 Å². The van der Waals surface area contributed by atoms with E-state index in [1.54, 1.807) is 0 Å². The Bertz CT molecular complexity index is 976. The van der Waals surface area contributed by atoms with Gasteiger partial charge >= 0.3 is 0 Å². The molecule has 27 heavy (non-hydrogen) atoms. The van der Waals surface area contributed by atoms with Crippen molar-refractivity contribution < 1.29 is 23.7 Å². The van der Waals surface area contributed by atoms with Crippen LogP contribution in [0.25, 0.3) is 22.6 Å². The minimum atomic E-state index is 0. The molecule has 0 aliphatic rings. The van der Waals surface area contributed by atoms with Crippen molar-refractivity contribution in [3.05, 3.63) is 63.3 Å². The molecule has 2 heterocycles. The van der Waals surface area contributed by atoms with Gasteiger partial charge in [-0.1, -0.05) is 0 Å². The van der Waals surface area contributed by atoms with Crippen LogP contribution in [0, 0.1) is 48.5 Å². The van der Waals surface area contributed by atoms with E-state index in [9.17, 15) is 5.11 Å². The van der Waals surface area contributed by atoms with Crippen LogP contribution in [-0.4, -0.2) is 15.1 Å². The van der Waals surface area contributed by atoms with Crippen molar-refractivity contribution >= 4 is 0 Å². The van der Waals surface area contributed by atoms with Crippen molar-refractivity contribution in [3.8, 4) is 28.4 Å². The van der Waals surface area contributed by atoms with Crippen LogP contribution in [-0.2, 0) is 18.6 Å². The summed E-state index contributed by atoms with van der Waals surface area (Å²) in [6.45, 7) is 14.3. The molecule has 0 amide bonds. The number of phenols is 1. The molecule has 3 rings (SSSR count). The Morgan fingerprint density at radius 3 is 1.67 bits per heavy atom. The van der Waals surface area contributed by atoms with Gasteiger partial charge in [0.1, 0.15) is 5.75 Å². The molecule has 0 aliphatic carbocycles. The Balaban J connectivity index is 0.00000261. The summed E-state index contributed by atoms with van der Waals surface area (Å²) in [6, 6.07) is 8.19. The second-order valence-corrected chi connectivity index (χ2v) is 7.31. The van der Waals surface area contributed by atoms with Crippen molar-refractivity contribution in [1.82, 2.24) is 9.97 Å². The molecule has 1 radical (unpaired) electrons. The van der Waals surface area contributed by atoms with Crippen molar-refractivity contribution in [2.75, 3.05) is 0 Å². The zero-order chi connectivity index (χ0) is 19.2. The van der Waals surface area contributed by atoms with Crippen LogP contribution in [0.5, 0.6) is 5.75 Å². The average molecular weight is 397 g/mol. The summed E-state index contributed by atoms with van der Waals surface area (Å²) in [4.78, 5) is 9.52. The number of hydrogen-bond acceptors (Lipinski definition) is 3. The number of benzene rings is 1. The van der Waals surface area contributed by atoms with Crippen molar-refractivity contribution in [3.63, 3.8) is 0 Å². The number of pyridine rings is 2. The smallest absolute Gasteiger partial charge is 0.128 e. The molecule has 0 saturated heterocycles. The maximum absolute atomic E-state index is 10.8. The molecule has 4 heteroatoms. The second-order valence-electron chi connectivity index (χ2n) is 7.31. The van der Waals surface area contributed by atoms with E-state index in [0.717, 1.165) is 50.6 Å². The molecule has 3 nitrogen and oxygen atoms in total. The Hall–Kier alpha value is -2.10. The summed E-state index contributed by atoms with van der Waals surface area (Å²) >= 11 is 0. The van der Waals surface area contributed by atoms with Crippen LogP contribution < -0.4 is 0 Å². The quantitative estimate of drug-likeness (QED) is 0.606. The molecule has 0 saturated carbocycles. The first-order chi connectivity index (χ1) is 12.2. The predicted molar refractivity (Wildman–Crippen MR) is 108 cm³/mol. The van der Waals surface area contributed by atoms with Gasteiger partial charge in [-0.15, -0.1) is 0 Å². The first-order valence-electron chi connectivity index (χ1n) is 8.93. The van der Waals surface area contributed by atoms with Crippen molar-refractivity contribution in [2.45, 2.75) is 48.5 Å².